The van der Waals surface area contributed by atoms with Crippen LogP contribution in [0, 0.1) is 0 Å². The maximum atomic E-state index is 5.27. The molecule has 3 rings (SSSR count). The van der Waals surface area contributed by atoms with Crippen molar-refractivity contribution in [1.29, 1.82) is 0 Å². The standard InChI is InChI=1S/C20H19N3OS/c1-14(22-23-20(25)21-18-6-4-3-5-7-18)15-8-9-17-13-19(24-2)11-10-16(17)12-15/h3-13H,1-2H3,(H2,21,23,25)/b22-14-. The molecular weight excluding hydrogens is 330 g/mol. The summed E-state index contributed by atoms with van der Waals surface area (Å²) in [6, 6.07) is 22.0. The minimum absolute atomic E-state index is 0.455. The molecule has 2 N–H and O–H groups in total. The molecule has 0 aliphatic carbocycles. The van der Waals surface area contributed by atoms with Crippen LogP contribution < -0.4 is 15.5 Å². The Labute approximate surface area is 152 Å². The summed E-state index contributed by atoms with van der Waals surface area (Å²) in [5, 5.41) is 10.2. The van der Waals surface area contributed by atoms with Crippen LogP contribution in [0.2, 0.25) is 0 Å². The van der Waals surface area contributed by atoms with Crippen molar-refractivity contribution in [2.75, 3.05) is 12.4 Å². The zero-order valence-electron chi connectivity index (χ0n) is 14.1. The second-order valence-corrected chi connectivity index (χ2v) is 5.97. The van der Waals surface area contributed by atoms with Crippen molar-refractivity contribution in [2.24, 2.45) is 5.10 Å². The van der Waals surface area contributed by atoms with Gasteiger partial charge in [0, 0.05) is 5.69 Å². The van der Waals surface area contributed by atoms with Gasteiger partial charge in [0.2, 0.25) is 0 Å². The lowest BCUT2D eigenvalue weighted by Gasteiger charge is -2.09. The summed E-state index contributed by atoms with van der Waals surface area (Å²) < 4.78 is 5.26. The molecule has 126 valence electrons. The van der Waals surface area contributed by atoms with Crippen LogP contribution in [0.15, 0.2) is 71.8 Å². The lowest BCUT2D eigenvalue weighted by atomic mass is 10.0. The molecular formula is C20H19N3OS. The van der Waals surface area contributed by atoms with Crippen molar-refractivity contribution in [1.82, 2.24) is 5.43 Å². The van der Waals surface area contributed by atoms with Crippen LogP contribution in [-0.2, 0) is 0 Å². The number of anilines is 1. The number of benzene rings is 3. The maximum absolute atomic E-state index is 5.27. The van der Waals surface area contributed by atoms with Crippen molar-refractivity contribution in [3.63, 3.8) is 0 Å². The molecule has 25 heavy (non-hydrogen) atoms. The highest BCUT2D eigenvalue weighted by atomic mass is 32.1. The zero-order chi connectivity index (χ0) is 17.6. The topological polar surface area (TPSA) is 45.6 Å². The molecule has 0 atom stereocenters. The van der Waals surface area contributed by atoms with E-state index in [0.717, 1.165) is 33.5 Å². The molecule has 0 saturated carbocycles. The number of hydrogen-bond donors (Lipinski definition) is 2. The van der Waals surface area contributed by atoms with Crippen LogP contribution in [-0.4, -0.2) is 17.9 Å². The number of nitrogens with zero attached hydrogens (tertiary/aromatic N) is 1. The molecule has 0 unspecified atom stereocenters. The van der Waals surface area contributed by atoms with Crippen molar-refractivity contribution in [2.45, 2.75) is 6.92 Å². The third kappa shape index (κ3) is 4.33. The minimum atomic E-state index is 0.455. The van der Waals surface area contributed by atoms with E-state index in [4.69, 9.17) is 17.0 Å². The van der Waals surface area contributed by atoms with Crippen molar-refractivity contribution in [3.8, 4) is 5.75 Å². The summed E-state index contributed by atoms with van der Waals surface area (Å²) in [5.41, 5.74) is 5.70. The van der Waals surface area contributed by atoms with Crippen LogP contribution >= 0.6 is 12.2 Å². The van der Waals surface area contributed by atoms with E-state index in [-0.39, 0.29) is 0 Å². The van der Waals surface area contributed by atoms with Crippen LogP contribution in [0.4, 0.5) is 5.69 Å². The predicted octanol–water partition coefficient (Wildman–Crippen LogP) is 4.56. The Kier molecular flexibility index (Phi) is 5.26. The Morgan fingerprint density at radius 3 is 2.44 bits per heavy atom. The van der Waals surface area contributed by atoms with Crippen LogP contribution in [0.25, 0.3) is 10.8 Å². The number of hydrogen-bond acceptors (Lipinski definition) is 3. The average Bonchev–Trinajstić information content (AvgIpc) is 2.66. The van der Waals surface area contributed by atoms with Crippen LogP contribution in [0.1, 0.15) is 12.5 Å². The predicted molar refractivity (Wildman–Crippen MR) is 109 cm³/mol. The molecule has 0 amide bonds. The number of hydrazone groups is 1. The van der Waals surface area contributed by atoms with Gasteiger partial charge in [-0.15, -0.1) is 0 Å². The second-order valence-electron chi connectivity index (χ2n) is 5.56. The number of nitrogens with one attached hydrogen (secondary N) is 2. The fourth-order valence-corrected chi connectivity index (χ4v) is 2.62. The first-order chi connectivity index (χ1) is 12.2. The third-order valence-corrected chi connectivity index (χ3v) is 4.02. The maximum Gasteiger partial charge on any atom is 0.191 e. The van der Waals surface area contributed by atoms with E-state index in [1.807, 2.05) is 61.5 Å². The van der Waals surface area contributed by atoms with Crippen LogP contribution in [0.5, 0.6) is 5.75 Å². The highest BCUT2D eigenvalue weighted by molar-refractivity contribution is 7.80. The van der Waals surface area contributed by atoms with E-state index in [0.29, 0.717) is 5.11 Å². The molecule has 0 spiro atoms. The van der Waals surface area contributed by atoms with Crippen molar-refractivity contribution >= 4 is 39.5 Å². The number of fused-ring (bicyclic) bond motifs is 1. The quantitative estimate of drug-likeness (QED) is 0.412. The third-order valence-electron chi connectivity index (χ3n) is 3.82. The van der Waals surface area contributed by atoms with E-state index < -0.39 is 0 Å². The van der Waals surface area contributed by atoms with Gasteiger partial charge in [0.15, 0.2) is 5.11 Å². The smallest absolute Gasteiger partial charge is 0.191 e. The van der Waals surface area contributed by atoms with Gasteiger partial charge < -0.3 is 10.1 Å². The number of rotatable bonds is 4. The van der Waals surface area contributed by atoms with Gasteiger partial charge in [-0.3, -0.25) is 5.43 Å². The zero-order valence-corrected chi connectivity index (χ0v) is 14.9. The molecule has 0 fully saturated rings. The molecule has 0 bridgehead atoms. The molecule has 4 nitrogen and oxygen atoms in total. The van der Waals surface area contributed by atoms with E-state index in [1.54, 1.807) is 7.11 Å². The van der Waals surface area contributed by atoms with Gasteiger partial charge >= 0.3 is 0 Å². The summed E-state index contributed by atoms with van der Waals surface area (Å²) in [7, 11) is 1.67. The SMILES string of the molecule is COc1ccc2cc(/C(C)=N\NC(=S)Nc3ccccc3)ccc2c1. The van der Waals surface area contributed by atoms with Crippen molar-refractivity contribution in [3.05, 3.63) is 72.3 Å². The molecule has 0 heterocycles. The summed E-state index contributed by atoms with van der Waals surface area (Å²) in [5.74, 6) is 0.852. The Morgan fingerprint density at radius 2 is 1.68 bits per heavy atom. The van der Waals surface area contributed by atoms with E-state index >= 15 is 0 Å². The molecule has 3 aromatic rings. The van der Waals surface area contributed by atoms with Crippen molar-refractivity contribution < 1.29 is 4.74 Å². The Balaban J connectivity index is 1.71. The van der Waals surface area contributed by atoms with Gasteiger partial charge in [-0.1, -0.05) is 36.4 Å². The molecule has 3 aromatic carbocycles. The fourth-order valence-electron chi connectivity index (χ4n) is 2.46. The first kappa shape index (κ1) is 16.9. The highest BCUT2D eigenvalue weighted by Crippen LogP contribution is 2.22. The molecule has 5 heteroatoms. The summed E-state index contributed by atoms with van der Waals surface area (Å²) >= 11 is 5.27. The minimum Gasteiger partial charge on any atom is -0.497 e. The fraction of sp³-hybridized carbons (Fsp3) is 0.100. The summed E-state index contributed by atoms with van der Waals surface area (Å²) in [4.78, 5) is 0. The Hall–Kier alpha value is -2.92. The first-order valence-electron chi connectivity index (χ1n) is 7.90. The van der Waals surface area contributed by atoms with Gasteiger partial charge in [0.05, 0.1) is 12.8 Å². The highest BCUT2D eigenvalue weighted by Gasteiger charge is 2.02. The lowest BCUT2D eigenvalue weighted by Crippen LogP contribution is -2.24. The largest absolute Gasteiger partial charge is 0.497 e. The number of methoxy groups -OCH3 is 1. The summed E-state index contributed by atoms with van der Waals surface area (Å²) in [6.07, 6.45) is 0. The normalized spacial score (nSPS) is 11.2. The van der Waals surface area contributed by atoms with Gasteiger partial charge in [-0.05, 0) is 65.8 Å². The van der Waals surface area contributed by atoms with Gasteiger partial charge in [-0.2, -0.15) is 5.10 Å². The number of thiocarbonyl (C=S) groups is 1. The van der Waals surface area contributed by atoms with E-state index in [2.05, 4.69) is 28.0 Å². The van der Waals surface area contributed by atoms with Crippen LogP contribution in [0.3, 0.4) is 0 Å². The van der Waals surface area contributed by atoms with Gasteiger partial charge in [0.25, 0.3) is 0 Å². The Bertz CT molecular complexity index is 923. The molecule has 0 aliphatic heterocycles. The van der Waals surface area contributed by atoms with Gasteiger partial charge in [0.1, 0.15) is 5.75 Å². The van der Waals surface area contributed by atoms with Gasteiger partial charge in [-0.25, -0.2) is 0 Å². The molecule has 0 radical (unpaired) electrons. The average molecular weight is 349 g/mol. The first-order valence-corrected chi connectivity index (χ1v) is 8.31. The monoisotopic (exact) mass is 349 g/mol. The molecule has 0 saturated heterocycles. The number of ether oxygens (including phenoxy) is 1. The van der Waals surface area contributed by atoms with E-state index in [1.165, 1.54) is 0 Å². The Morgan fingerprint density at radius 1 is 0.960 bits per heavy atom. The lowest BCUT2D eigenvalue weighted by molar-refractivity contribution is 0.415. The second kappa shape index (κ2) is 7.77. The molecule has 0 aliphatic rings. The number of para-hydroxylation sites is 1. The summed E-state index contributed by atoms with van der Waals surface area (Å²) in [6.45, 7) is 1.95. The molecule has 0 aromatic heterocycles. The van der Waals surface area contributed by atoms with E-state index in [9.17, 15) is 0 Å².